The molecule has 0 spiro atoms. The fourth-order valence-electron chi connectivity index (χ4n) is 4.19. The van der Waals surface area contributed by atoms with Crippen molar-refractivity contribution >= 4 is 39.1 Å². The second-order valence-corrected chi connectivity index (χ2v) is 11.2. The molecule has 0 saturated heterocycles. The number of hydrogen-bond donors (Lipinski definition) is 1. The number of anilines is 1. The highest BCUT2D eigenvalue weighted by Crippen LogP contribution is 2.23. The van der Waals surface area contributed by atoms with E-state index in [1.165, 1.54) is 11.0 Å². The Balaban J connectivity index is 1.89. The van der Waals surface area contributed by atoms with Crippen LogP contribution in [0, 0.1) is 6.92 Å². The average molecular weight is 506 g/mol. The molecule has 2 aromatic carbocycles. The summed E-state index contributed by atoms with van der Waals surface area (Å²) < 4.78 is 26.2. The van der Waals surface area contributed by atoms with Crippen LogP contribution < -0.4 is 9.62 Å². The van der Waals surface area contributed by atoms with Gasteiger partial charge in [0, 0.05) is 17.6 Å². The van der Waals surface area contributed by atoms with Crippen molar-refractivity contribution in [1.29, 1.82) is 0 Å². The molecule has 1 fully saturated rings. The minimum atomic E-state index is -3.78. The van der Waals surface area contributed by atoms with Crippen molar-refractivity contribution in [1.82, 2.24) is 10.2 Å². The number of aryl methyl sites for hydroxylation is 1. The molecule has 7 nitrogen and oxygen atoms in total. The predicted molar refractivity (Wildman–Crippen MR) is 135 cm³/mol. The molecule has 0 aromatic heterocycles. The van der Waals surface area contributed by atoms with Gasteiger partial charge in [0.05, 0.1) is 11.9 Å². The van der Waals surface area contributed by atoms with E-state index in [-0.39, 0.29) is 18.5 Å². The van der Waals surface area contributed by atoms with Gasteiger partial charge >= 0.3 is 0 Å². The smallest absolute Gasteiger partial charge is 0.244 e. The van der Waals surface area contributed by atoms with Crippen molar-refractivity contribution < 1.29 is 18.0 Å². The number of nitrogens with zero attached hydrogens (tertiary/aromatic N) is 2. The third kappa shape index (κ3) is 6.73. The zero-order chi connectivity index (χ0) is 24.9. The molecule has 2 amide bonds. The predicted octanol–water partition coefficient (Wildman–Crippen LogP) is 3.89. The van der Waals surface area contributed by atoms with Gasteiger partial charge in [0.1, 0.15) is 12.6 Å². The summed E-state index contributed by atoms with van der Waals surface area (Å²) >= 11 is 6.07. The van der Waals surface area contributed by atoms with Crippen LogP contribution in [0.5, 0.6) is 0 Å². The van der Waals surface area contributed by atoms with Gasteiger partial charge in [0.2, 0.25) is 21.8 Å². The number of hydrogen-bond acceptors (Lipinski definition) is 4. The largest absolute Gasteiger partial charge is 0.352 e. The van der Waals surface area contributed by atoms with Gasteiger partial charge in [0.15, 0.2) is 0 Å². The molecule has 2 aromatic rings. The van der Waals surface area contributed by atoms with Crippen LogP contribution in [-0.4, -0.2) is 50.0 Å². The number of sulfonamides is 1. The Bertz CT molecular complexity index is 1130. The molecule has 0 heterocycles. The Hall–Kier alpha value is -2.58. The molecule has 1 atom stereocenters. The second kappa shape index (κ2) is 11.2. The summed E-state index contributed by atoms with van der Waals surface area (Å²) in [5, 5.41) is 3.42. The molecule has 0 aliphatic heterocycles. The Morgan fingerprint density at radius 3 is 2.41 bits per heavy atom. The average Bonchev–Trinajstić information content (AvgIpc) is 3.28. The van der Waals surface area contributed by atoms with Crippen LogP contribution in [-0.2, 0) is 26.2 Å². The van der Waals surface area contributed by atoms with E-state index in [2.05, 4.69) is 5.32 Å². The maximum absolute atomic E-state index is 13.6. The summed E-state index contributed by atoms with van der Waals surface area (Å²) in [5.74, 6) is -0.703. The molecule has 1 N–H and O–H groups in total. The van der Waals surface area contributed by atoms with Gasteiger partial charge in [-0.05, 0) is 56.0 Å². The summed E-state index contributed by atoms with van der Waals surface area (Å²) in [6.45, 7) is 3.38. The first-order chi connectivity index (χ1) is 16.1. The summed E-state index contributed by atoms with van der Waals surface area (Å²) in [6.07, 6.45) is 5.06. The van der Waals surface area contributed by atoms with Crippen LogP contribution in [0.25, 0.3) is 0 Å². The Morgan fingerprint density at radius 1 is 1.12 bits per heavy atom. The van der Waals surface area contributed by atoms with Crippen molar-refractivity contribution in [2.75, 3.05) is 17.1 Å². The van der Waals surface area contributed by atoms with Gasteiger partial charge in [0.25, 0.3) is 0 Å². The molecular weight excluding hydrogens is 474 g/mol. The number of amides is 2. The van der Waals surface area contributed by atoms with Crippen LogP contribution in [0.3, 0.4) is 0 Å². The summed E-state index contributed by atoms with van der Waals surface area (Å²) in [7, 11) is -3.78. The van der Waals surface area contributed by atoms with Gasteiger partial charge in [-0.15, -0.1) is 0 Å². The number of benzene rings is 2. The van der Waals surface area contributed by atoms with Crippen LogP contribution in [0.2, 0.25) is 5.02 Å². The molecule has 184 valence electrons. The highest BCUT2D eigenvalue weighted by atomic mass is 35.5. The molecule has 1 aliphatic carbocycles. The lowest BCUT2D eigenvalue weighted by atomic mass is 10.1. The zero-order valence-electron chi connectivity index (χ0n) is 19.8. The minimum absolute atomic E-state index is 0.115. The van der Waals surface area contributed by atoms with Gasteiger partial charge in [-0.3, -0.25) is 13.9 Å². The van der Waals surface area contributed by atoms with Crippen molar-refractivity contribution in [2.24, 2.45) is 0 Å². The molecule has 9 heteroatoms. The number of halogens is 1. The van der Waals surface area contributed by atoms with E-state index in [9.17, 15) is 18.0 Å². The van der Waals surface area contributed by atoms with E-state index in [1.807, 2.05) is 31.2 Å². The topological polar surface area (TPSA) is 86.8 Å². The molecule has 0 unspecified atom stereocenters. The summed E-state index contributed by atoms with van der Waals surface area (Å²) in [6, 6.07) is 13.3. The van der Waals surface area contributed by atoms with Crippen LogP contribution in [0.4, 0.5) is 5.69 Å². The molecule has 0 bridgehead atoms. The van der Waals surface area contributed by atoms with Crippen molar-refractivity contribution in [3.63, 3.8) is 0 Å². The highest BCUT2D eigenvalue weighted by molar-refractivity contribution is 7.92. The zero-order valence-corrected chi connectivity index (χ0v) is 21.4. The Morgan fingerprint density at radius 2 is 1.79 bits per heavy atom. The number of rotatable bonds is 9. The van der Waals surface area contributed by atoms with Crippen molar-refractivity contribution in [3.05, 3.63) is 64.7 Å². The fraction of sp³-hybridized carbons (Fsp3) is 0.440. The minimum Gasteiger partial charge on any atom is -0.352 e. The number of carbonyl (C=O) groups excluding carboxylic acids is 2. The van der Waals surface area contributed by atoms with E-state index in [4.69, 9.17) is 11.6 Å². The Kier molecular flexibility index (Phi) is 8.60. The quantitative estimate of drug-likeness (QED) is 0.560. The van der Waals surface area contributed by atoms with Gasteiger partial charge in [-0.2, -0.15) is 0 Å². The lowest BCUT2D eigenvalue weighted by Crippen LogP contribution is -2.52. The van der Waals surface area contributed by atoms with E-state index < -0.39 is 28.5 Å². The standard InChI is InChI=1S/C25H32ClN3O4S/c1-18-9-4-5-10-20(18)16-28(19(2)25(31)27-22-12-6-7-13-22)24(30)17-29(34(3,32)33)23-14-8-11-21(26)15-23/h4-5,8-11,14-15,19,22H,6-7,12-13,16-17H2,1-3H3,(H,27,31)/t19-/m1/s1. The monoisotopic (exact) mass is 505 g/mol. The summed E-state index contributed by atoms with van der Waals surface area (Å²) in [5.41, 5.74) is 2.17. The number of nitrogens with one attached hydrogen (secondary N) is 1. The van der Waals surface area contributed by atoms with Crippen LogP contribution >= 0.6 is 11.6 Å². The van der Waals surface area contributed by atoms with E-state index in [0.717, 1.165) is 47.4 Å². The molecule has 3 rings (SSSR count). The fourth-order valence-corrected chi connectivity index (χ4v) is 5.22. The molecular formula is C25H32ClN3O4S. The summed E-state index contributed by atoms with van der Waals surface area (Å²) in [4.78, 5) is 28.1. The third-order valence-electron chi connectivity index (χ3n) is 6.25. The van der Waals surface area contributed by atoms with E-state index in [1.54, 1.807) is 25.1 Å². The maximum atomic E-state index is 13.6. The first-order valence-corrected chi connectivity index (χ1v) is 13.7. The van der Waals surface area contributed by atoms with Crippen LogP contribution in [0.15, 0.2) is 48.5 Å². The third-order valence-corrected chi connectivity index (χ3v) is 7.62. The van der Waals surface area contributed by atoms with Gasteiger partial charge in [-0.1, -0.05) is 54.8 Å². The van der Waals surface area contributed by atoms with Crippen molar-refractivity contribution in [2.45, 2.75) is 58.2 Å². The first kappa shape index (κ1) is 26.0. The lowest BCUT2D eigenvalue weighted by molar-refractivity contribution is -0.139. The highest BCUT2D eigenvalue weighted by Gasteiger charge is 2.31. The molecule has 0 radical (unpaired) electrons. The van der Waals surface area contributed by atoms with Crippen molar-refractivity contribution in [3.8, 4) is 0 Å². The van der Waals surface area contributed by atoms with E-state index >= 15 is 0 Å². The second-order valence-electron chi connectivity index (χ2n) is 8.86. The Labute approximate surface area is 207 Å². The van der Waals surface area contributed by atoms with Crippen LogP contribution in [0.1, 0.15) is 43.7 Å². The van der Waals surface area contributed by atoms with Gasteiger partial charge in [-0.25, -0.2) is 8.42 Å². The SMILES string of the molecule is Cc1ccccc1CN(C(=O)CN(c1cccc(Cl)c1)S(C)(=O)=O)[C@H](C)C(=O)NC1CCCC1. The number of carbonyl (C=O) groups is 2. The maximum Gasteiger partial charge on any atom is 0.244 e. The molecule has 1 aliphatic rings. The molecule has 34 heavy (non-hydrogen) atoms. The molecule has 1 saturated carbocycles. The first-order valence-electron chi connectivity index (χ1n) is 11.4. The normalized spacial score (nSPS) is 15.1. The van der Waals surface area contributed by atoms with E-state index in [0.29, 0.717) is 10.7 Å². The lowest BCUT2D eigenvalue weighted by Gasteiger charge is -2.32. The van der Waals surface area contributed by atoms with Gasteiger partial charge < -0.3 is 10.2 Å².